The molecule has 12 nitrogen and oxygen atoms in total. The highest BCUT2D eigenvalue weighted by molar-refractivity contribution is 5.98. The van der Waals surface area contributed by atoms with Gasteiger partial charge in [0, 0.05) is 17.2 Å². The van der Waals surface area contributed by atoms with Crippen LogP contribution in [0.5, 0.6) is 17.2 Å². The Balaban J connectivity index is 1.91. The molecule has 0 radical (unpaired) electrons. The number of hydrazine groups is 1. The average molecular weight is 460 g/mol. The van der Waals surface area contributed by atoms with E-state index in [-0.39, 0.29) is 28.7 Å². The number of ether oxygens (including phenoxy) is 3. The van der Waals surface area contributed by atoms with Gasteiger partial charge in [-0.05, 0) is 44.2 Å². The first kappa shape index (κ1) is 24.9. The predicted octanol–water partition coefficient (Wildman–Crippen LogP) is 1.59. The second-order valence-electron chi connectivity index (χ2n) is 6.86. The molecule has 0 saturated carbocycles. The van der Waals surface area contributed by atoms with Gasteiger partial charge in [0.05, 0.1) is 31.8 Å². The number of nitro groups is 1. The van der Waals surface area contributed by atoms with Gasteiger partial charge in [0.2, 0.25) is 0 Å². The molecule has 0 atom stereocenters. The van der Waals surface area contributed by atoms with E-state index < -0.39 is 29.2 Å². The third-order valence-electron chi connectivity index (χ3n) is 4.15. The van der Waals surface area contributed by atoms with Gasteiger partial charge >= 0.3 is 5.69 Å². The van der Waals surface area contributed by atoms with Crippen LogP contribution < -0.4 is 30.4 Å². The van der Waals surface area contributed by atoms with E-state index in [1.165, 1.54) is 38.5 Å². The zero-order valence-corrected chi connectivity index (χ0v) is 18.5. The zero-order chi connectivity index (χ0) is 24.5. The van der Waals surface area contributed by atoms with E-state index in [0.717, 1.165) is 6.07 Å². The van der Waals surface area contributed by atoms with Crippen LogP contribution in [0.3, 0.4) is 0 Å². The van der Waals surface area contributed by atoms with Gasteiger partial charge in [-0.3, -0.25) is 35.3 Å². The molecule has 0 aliphatic carbocycles. The minimum absolute atomic E-state index is 0.00237. The SMILES string of the molecule is COc1cc(C(=O)NNC(=O)CNC(=O)c2ccc(OC)c([N+](=O)[O-])c2)ccc1OC(C)C. The summed E-state index contributed by atoms with van der Waals surface area (Å²) in [6, 6.07) is 8.16. The first-order valence-corrected chi connectivity index (χ1v) is 9.70. The third-order valence-corrected chi connectivity index (χ3v) is 4.15. The molecule has 0 spiro atoms. The maximum Gasteiger partial charge on any atom is 0.311 e. The van der Waals surface area contributed by atoms with Crippen LogP contribution in [0.25, 0.3) is 0 Å². The Morgan fingerprint density at radius 3 is 2.09 bits per heavy atom. The Bertz CT molecular complexity index is 1050. The number of carbonyl (C=O) groups excluding carboxylic acids is 3. The maximum absolute atomic E-state index is 12.3. The van der Waals surface area contributed by atoms with E-state index in [1.807, 2.05) is 13.8 Å². The quantitative estimate of drug-likeness (QED) is 0.376. The van der Waals surface area contributed by atoms with Crippen LogP contribution in [0.2, 0.25) is 0 Å². The topological polar surface area (TPSA) is 158 Å². The fourth-order valence-corrected chi connectivity index (χ4v) is 2.64. The van der Waals surface area contributed by atoms with E-state index in [1.54, 1.807) is 6.07 Å². The zero-order valence-electron chi connectivity index (χ0n) is 18.5. The lowest BCUT2D eigenvalue weighted by Gasteiger charge is -2.14. The van der Waals surface area contributed by atoms with Gasteiger partial charge in [-0.25, -0.2) is 0 Å². The lowest BCUT2D eigenvalue weighted by molar-refractivity contribution is -0.385. The van der Waals surface area contributed by atoms with Crippen LogP contribution in [-0.4, -0.2) is 49.5 Å². The number of nitro benzene ring substituents is 1. The minimum Gasteiger partial charge on any atom is -0.493 e. The number of nitrogens with zero attached hydrogens (tertiary/aromatic N) is 1. The summed E-state index contributed by atoms with van der Waals surface area (Å²) < 4.78 is 15.7. The first-order chi connectivity index (χ1) is 15.7. The monoisotopic (exact) mass is 460 g/mol. The molecule has 0 fully saturated rings. The molecule has 2 aromatic carbocycles. The van der Waals surface area contributed by atoms with Crippen LogP contribution in [0.1, 0.15) is 34.6 Å². The van der Waals surface area contributed by atoms with Gasteiger partial charge in [-0.15, -0.1) is 0 Å². The first-order valence-electron chi connectivity index (χ1n) is 9.70. The molecule has 0 bridgehead atoms. The Kier molecular flexibility index (Phi) is 8.55. The Labute approximate surface area is 189 Å². The summed E-state index contributed by atoms with van der Waals surface area (Å²) in [6.45, 7) is 3.22. The Morgan fingerprint density at radius 1 is 0.909 bits per heavy atom. The molecule has 0 heterocycles. The van der Waals surface area contributed by atoms with Crippen molar-refractivity contribution in [1.29, 1.82) is 0 Å². The van der Waals surface area contributed by atoms with Crippen molar-refractivity contribution in [3.05, 3.63) is 57.6 Å². The van der Waals surface area contributed by atoms with Crippen LogP contribution in [-0.2, 0) is 4.79 Å². The fourth-order valence-electron chi connectivity index (χ4n) is 2.64. The van der Waals surface area contributed by atoms with E-state index in [0.29, 0.717) is 11.5 Å². The molecule has 33 heavy (non-hydrogen) atoms. The smallest absolute Gasteiger partial charge is 0.311 e. The maximum atomic E-state index is 12.3. The molecule has 3 amide bonds. The molecule has 3 N–H and O–H groups in total. The number of amides is 3. The van der Waals surface area contributed by atoms with Crippen LogP contribution in [0.4, 0.5) is 5.69 Å². The minimum atomic E-state index is -0.716. The summed E-state index contributed by atoms with van der Waals surface area (Å²) in [5, 5.41) is 13.4. The van der Waals surface area contributed by atoms with Crippen molar-refractivity contribution in [3.63, 3.8) is 0 Å². The van der Waals surface area contributed by atoms with E-state index in [9.17, 15) is 24.5 Å². The third kappa shape index (κ3) is 6.82. The normalized spacial score (nSPS) is 10.2. The molecule has 0 saturated heterocycles. The van der Waals surface area contributed by atoms with Gasteiger partial charge in [0.25, 0.3) is 17.7 Å². The number of hydrogen-bond acceptors (Lipinski definition) is 8. The van der Waals surface area contributed by atoms with Crippen LogP contribution in [0.15, 0.2) is 36.4 Å². The van der Waals surface area contributed by atoms with E-state index in [4.69, 9.17) is 14.2 Å². The van der Waals surface area contributed by atoms with Crippen LogP contribution in [0, 0.1) is 10.1 Å². The lowest BCUT2D eigenvalue weighted by atomic mass is 10.1. The molecule has 176 valence electrons. The van der Waals surface area contributed by atoms with Crippen LogP contribution >= 0.6 is 0 Å². The summed E-state index contributed by atoms with van der Waals surface area (Å²) in [7, 11) is 2.71. The highest BCUT2D eigenvalue weighted by Crippen LogP contribution is 2.29. The van der Waals surface area contributed by atoms with E-state index >= 15 is 0 Å². The predicted molar refractivity (Wildman–Crippen MR) is 116 cm³/mol. The van der Waals surface area contributed by atoms with E-state index in [2.05, 4.69) is 16.2 Å². The molecule has 0 aliphatic heterocycles. The number of rotatable bonds is 9. The summed E-state index contributed by atoms with van der Waals surface area (Å²) in [5.41, 5.74) is 4.17. The number of hydrogen-bond donors (Lipinski definition) is 3. The van der Waals surface area contributed by atoms with Crippen molar-refractivity contribution in [2.45, 2.75) is 20.0 Å². The van der Waals surface area contributed by atoms with Gasteiger partial charge < -0.3 is 19.5 Å². The standard InChI is InChI=1S/C21H24N4O8/c1-12(2)33-17-8-6-14(10-18(17)32-4)21(28)24-23-19(26)11-22-20(27)13-5-7-16(31-3)15(9-13)25(29)30/h5-10,12H,11H2,1-4H3,(H,22,27)(H,23,26)(H,24,28). The van der Waals surface area contributed by atoms with Crippen molar-refractivity contribution in [3.8, 4) is 17.2 Å². The van der Waals surface area contributed by atoms with Crippen molar-refractivity contribution >= 4 is 23.4 Å². The van der Waals surface area contributed by atoms with Gasteiger partial charge in [-0.1, -0.05) is 0 Å². The lowest BCUT2D eigenvalue weighted by Crippen LogP contribution is -2.46. The van der Waals surface area contributed by atoms with Crippen molar-refractivity contribution in [1.82, 2.24) is 16.2 Å². The molecule has 0 aromatic heterocycles. The molecule has 12 heteroatoms. The van der Waals surface area contributed by atoms with Gasteiger partial charge in [-0.2, -0.15) is 0 Å². The van der Waals surface area contributed by atoms with Gasteiger partial charge in [0.15, 0.2) is 17.2 Å². The van der Waals surface area contributed by atoms with Crippen molar-refractivity contribution in [2.24, 2.45) is 0 Å². The molecule has 2 aromatic rings. The number of nitrogens with one attached hydrogen (secondary N) is 3. The van der Waals surface area contributed by atoms with Crippen molar-refractivity contribution in [2.75, 3.05) is 20.8 Å². The Hall–Kier alpha value is -4.35. The molecular weight excluding hydrogens is 436 g/mol. The molecule has 0 aliphatic rings. The second kappa shape index (κ2) is 11.3. The summed E-state index contributed by atoms with van der Waals surface area (Å²) >= 11 is 0. The molecule has 2 rings (SSSR count). The van der Waals surface area contributed by atoms with Gasteiger partial charge in [0.1, 0.15) is 0 Å². The largest absolute Gasteiger partial charge is 0.493 e. The number of methoxy groups -OCH3 is 2. The van der Waals surface area contributed by atoms with Crippen molar-refractivity contribution < 1.29 is 33.5 Å². The highest BCUT2D eigenvalue weighted by atomic mass is 16.6. The molecule has 0 unspecified atom stereocenters. The highest BCUT2D eigenvalue weighted by Gasteiger charge is 2.19. The number of benzene rings is 2. The fraction of sp³-hybridized carbons (Fsp3) is 0.286. The summed E-state index contributed by atoms with van der Waals surface area (Å²) in [5.74, 6) is -1.23. The number of carbonyl (C=O) groups is 3. The summed E-state index contributed by atoms with van der Waals surface area (Å²) in [6.07, 6.45) is -0.0860. The Morgan fingerprint density at radius 2 is 1.52 bits per heavy atom. The summed E-state index contributed by atoms with van der Waals surface area (Å²) in [4.78, 5) is 46.8. The average Bonchev–Trinajstić information content (AvgIpc) is 2.80. The molecular formula is C21H24N4O8. The second-order valence-corrected chi connectivity index (χ2v) is 6.86.